The Morgan fingerprint density at radius 3 is 3.00 bits per heavy atom. The van der Waals surface area contributed by atoms with Crippen LogP contribution in [0.25, 0.3) is 5.65 Å². The Morgan fingerprint density at radius 2 is 2.33 bits per heavy atom. The Labute approximate surface area is 72.8 Å². The van der Waals surface area contributed by atoms with Gasteiger partial charge < -0.3 is 0 Å². The van der Waals surface area contributed by atoms with E-state index in [4.69, 9.17) is 11.6 Å². The van der Waals surface area contributed by atoms with E-state index in [1.165, 1.54) is 4.52 Å². The van der Waals surface area contributed by atoms with Gasteiger partial charge in [0.25, 0.3) is 0 Å². The van der Waals surface area contributed by atoms with Crippen molar-refractivity contribution in [2.75, 3.05) is 0 Å². The van der Waals surface area contributed by atoms with Gasteiger partial charge in [-0.15, -0.1) is 5.10 Å². The van der Waals surface area contributed by atoms with E-state index in [0.29, 0.717) is 17.1 Å². The van der Waals surface area contributed by atoms with Gasteiger partial charge in [-0.2, -0.15) is 0 Å². The second kappa shape index (κ2) is 2.57. The van der Waals surface area contributed by atoms with Crippen LogP contribution >= 0.6 is 11.6 Å². The lowest BCUT2D eigenvalue weighted by atomic mass is 10.5. The fraction of sp³-hybridized carbons (Fsp3) is 0. The van der Waals surface area contributed by atoms with Crippen LogP contribution in [0.4, 0.5) is 0 Å². The molecule has 0 bridgehead atoms. The molecule has 0 N–H and O–H groups in total. The number of carbonyl (C=O) groups is 1. The fourth-order valence-electron chi connectivity index (χ4n) is 0.940. The highest BCUT2D eigenvalue weighted by molar-refractivity contribution is 6.29. The van der Waals surface area contributed by atoms with Gasteiger partial charge in [0.1, 0.15) is 5.15 Å². The maximum atomic E-state index is 10.3. The lowest BCUT2D eigenvalue weighted by molar-refractivity contribution is 0.111. The molecule has 0 fully saturated rings. The van der Waals surface area contributed by atoms with E-state index in [0.717, 1.165) is 0 Å². The van der Waals surface area contributed by atoms with E-state index in [2.05, 4.69) is 10.1 Å². The Hall–Kier alpha value is -1.42. The first kappa shape index (κ1) is 7.24. The predicted molar refractivity (Wildman–Crippen MR) is 43.4 cm³/mol. The molecule has 0 aliphatic rings. The summed E-state index contributed by atoms with van der Waals surface area (Å²) >= 11 is 5.77. The van der Waals surface area contributed by atoms with E-state index in [1.807, 2.05) is 0 Å². The van der Waals surface area contributed by atoms with Crippen LogP contribution in [0.3, 0.4) is 0 Å². The summed E-state index contributed by atoms with van der Waals surface area (Å²) in [5.74, 6) is 0.142. The van der Waals surface area contributed by atoms with Crippen molar-refractivity contribution in [1.29, 1.82) is 0 Å². The molecule has 0 spiro atoms. The molecular formula is C7H4ClN3O. The molecule has 5 heteroatoms. The molecule has 0 atom stereocenters. The van der Waals surface area contributed by atoms with E-state index in [-0.39, 0.29) is 5.82 Å². The van der Waals surface area contributed by atoms with Crippen molar-refractivity contribution < 1.29 is 4.79 Å². The number of nitrogens with zero attached hydrogens (tertiary/aromatic N) is 3. The second-order valence-electron chi connectivity index (χ2n) is 2.21. The molecule has 2 rings (SSSR count). The molecule has 2 aromatic heterocycles. The Balaban J connectivity index is 2.82. The van der Waals surface area contributed by atoms with Gasteiger partial charge in [-0.05, 0) is 12.1 Å². The third-order valence-corrected chi connectivity index (χ3v) is 1.72. The Kier molecular flexibility index (Phi) is 1.55. The van der Waals surface area contributed by atoms with Gasteiger partial charge >= 0.3 is 0 Å². The van der Waals surface area contributed by atoms with Gasteiger partial charge in [0.05, 0.1) is 0 Å². The summed E-state index contributed by atoms with van der Waals surface area (Å²) in [6, 6.07) is 5.16. The molecule has 2 aromatic rings. The molecule has 0 aliphatic heterocycles. The number of aromatic nitrogens is 3. The molecule has 0 aromatic carbocycles. The van der Waals surface area contributed by atoms with Crippen molar-refractivity contribution >= 4 is 23.5 Å². The van der Waals surface area contributed by atoms with Crippen molar-refractivity contribution in [3.8, 4) is 0 Å². The molecule has 0 saturated carbocycles. The topological polar surface area (TPSA) is 47.3 Å². The monoisotopic (exact) mass is 181 g/mol. The van der Waals surface area contributed by atoms with Crippen LogP contribution in [0.15, 0.2) is 18.2 Å². The summed E-state index contributed by atoms with van der Waals surface area (Å²) in [5, 5.41) is 4.27. The van der Waals surface area contributed by atoms with Crippen molar-refractivity contribution in [2.24, 2.45) is 0 Å². The maximum Gasteiger partial charge on any atom is 0.215 e. The predicted octanol–water partition coefficient (Wildman–Crippen LogP) is 1.20. The van der Waals surface area contributed by atoms with Gasteiger partial charge in [-0.3, -0.25) is 4.79 Å². The molecule has 0 amide bonds. The number of halogens is 1. The number of hydrogen-bond donors (Lipinski definition) is 0. The SMILES string of the molecule is O=Cc1nc2cccc(Cl)n2n1. The quantitative estimate of drug-likeness (QED) is 0.491. The van der Waals surface area contributed by atoms with Gasteiger partial charge in [0, 0.05) is 0 Å². The van der Waals surface area contributed by atoms with E-state index < -0.39 is 0 Å². The number of rotatable bonds is 1. The largest absolute Gasteiger partial charge is 0.294 e. The number of hydrogen-bond acceptors (Lipinski definition) is 3. The zero-order valence-electron chi connectivity index (χ0n) is 5.94. The summed E-state index contributed by atoms with van der Waals surface area (Å²) in [4.78, 5) is 14.2. The third kappa shape index (κ3) is 0.967. The third-order valence-electron chi connectivity index (χ3n) is 1.44. The highest BCUT2D eigenvalue weighted by atomic mass is 35.5. The molecule has 0 aliphatic carbocycles. The maximum absolute atomic E-state index is 10.3. The molecule has 0 radical (unpaired) electrons. The number of carbonyl (C=O) groups excluding carboxylic acids is 1. The molecule has 2 heterocycles. The van der Waals surface area contributed by atoms with Gasteiger partial charge in [0.15, 0.2) is 11.9 Å². The standard InChI is InChI=1S/C7H4ClN3O/c8-5-2-1-3-7-9-6(4-12)10-11(5)7/h1-4H. The Morgan fingerprint density at radius 1 is 1.50 bits per heavy atom. The van der Waals surface area contributed by atoms with Crippen LogP contribution in [0.2, 0.25) is 5.15 Å². The van der Waals surface area contributed by atoms with Crippen molar-refractivity contribution in [2.45, 2.75) is 0 Å². The van der Waals surface area contributed by atoms with Gasteiger partial charge in [-0.25, -0.2) is 9.50 Å². The smallest absolute Gasteiger partial charge is 0.215 e. The van der Waals surface area contributed by atoms with E-state index in [9.17, 15) is 4.79 Å². The minimum atomic E-state index is 0.142. The minimum absolute atomic E-state index is 0.142. The first-order chi connectivity index (χ1) is 5.81. The van der Waals surface area contributed by atoms with Crippen LogP contribution in [0.1, 0.15) is 10.6 Å². The van der Waals surface area contributed by atoms with Crippen molar-refractivity contribution in [3.05, 3.63) is 29.2 Å². The lowest BCUT2D eigenvalue weighted by Crippen LogP contribution is -1.88. The summed E-state index contributed by atoms with van der Waals surface area (Å²) in [6.45, 7) is 0. The Bertz CT molecular complexity index is 437. The average Bonchev–Trinajstić information content (AvgIpc) is 2.49. The van der Waals surface area contributed by atoms with E-state index in [1.54, 1.807) is 18.2 Å². The molecule has 60 valence electrons. The number of pyridine rings is 1. The normalized spacial score (nSPS) is 10.4. The van der Waals surface area contributed by atoms with Crippen LogP contribution in [0, 0.1) is 0 Å². The molecule has 4 nitrogen and oxygen atoms in total. The minimum Gasteiger partial charge on any atom is -0.294 e. The average molecular weight is 182 g/mol. The highest BCUT2D eigenvalue weighted by Gasteiger charge is 2.03. The molecule has 0 saturated heterocycles. The van der Waals surface area contributed by atoms with Crippen molar-refractivity contribution in [3.63, 3.8) is 0 Å². The summed E-state index contributed by atoms with van der Waals surface area (Å²) < 4.78 is 1.41. The summed E-state index contributed by atoms with van der Waals surface area (Å²) in [5.41, 5.74) is 0.574. The first-order valence-corrected chi connectivity index (χ1v) is 3.65. The van der Waals surface area contributed by atoms with Crippen molar-refractivity contribution in [1.82, 2.24) is 14.6 Å². The summed E-state index contributed by atoms with van der Waals surface area (Å²) in [6.07, 6.45) is 0.587. The van der Waals surface area contributed by atoms with Crippen LogP contribution in [-0.2, 0) is 0 Å². The molecular weight excluding hydrogens is 178 g/mol. The van der Waals surface area contributed by atoms with Crippen LogP contribution in [-0.4, -0.2) is 20.9 Å². The second-order valence-corrected chi connectivity index (χ2v) is 2.59. The zero-order chi connectivity index (χ0) is 8.55. The first-order valence-electron chi connectivity index (χ1n) is 3.28. The lowest BCUT2D eigenvalue weighted by Gasteiger charge is -1.91. The van der Waals surface area contributed by atoms with Gasteiger partial charge in [0.2, 0.25) is 5.82 Å². The van der Waals surface area contributed by atoms with E-state index >= 15 is 0 Å². The zero-order valence-corrected chi connectivity index (χ0v) is 6.69. The number of fused-ring (bicyclic) bond motifs is 1. The van der Waals surface area contributed by atoms with Crippen LogP contribution in [0.5, 0.6) is 0 Å². The van der Waals surface area contributed by atoms with Crippen LogP contribution < -0.4 is 0 Å². The molecule has 0 unspecified atom stereocenters. The van der Waals surface area contributed by atoms with Gasteiger partial charge in [-0.1, -0.05) is 17.7 Å². The molecule has 12 heavy (non-hydrogen) atoms. The fourth-order valence-corrected chi connectivity index (χ4v) is 1.14. The number of aldehydes is 1. The summed E-state index contributed by atoms with van der Waals surface area (Å²) in [7, 11) is 0. The highest BCUT2D eigenvalue weighted by Crippen LogP contribution is 2.09.